The van der Waals surface area contributed by atoms with E-state index >= 15 is 0 Å². The Kier molecular flexibility index (Phi) is 6.36. The highest BCUT2D eigenvalue weighted by molar-refractivity contribution is 5.94. The summed E-state index contributed by atoms with van der Waals surface area (Å²) in [5.74, 6) is 0.0979. The summed E-state index contributed by atoms with van der Waals surface area (Å²) < 4.78 is 10.9. The largest absolute Gasteiger partial charge is 0.489 e. The molecule has 0 amide bonds. The average Bonchev–Trinajstić information content (AvgIpc) is 2.54. The highest BCUT2D eigenvalue weighted by atomic mass is 16.5. The van der Waals surface area contributed by atoms with Crippen LogP contribution in [0.25, 0.3) is 0 Å². The predicted octanol–water partition coefficient (Wildman–Crippen LogP) is 3.33. The summed E-state index contributed by atoms with van der Waals surface area (Å²) in [4.78, 5) is 22.2. The normalized spacial score (nSPS) is 10.1. The Bertz CT molecular complexity index is 649. The van der Waals surface area contributed by atoms with Gasteiger partial charge in [0.15, 0.2) is 0 Å². The molecule has 0 unspecified atom stereocenters. The molecule has 0 fully saturated rings. The lowest BCUT2D eigenvalue weighted by Crippen LogP contribution is -2.11. The number of carbonyl (C=O) groups excluding carboxylic acids is 2. The zero-order valence-electron chi connectivity index (χ0n) is 13.2. The van der Waals surface area contributed by atoms with E-state index in [4.69, 9.17) is 9.47 Å². The second kappa shape index (κ2) is 8.73. The first-order chi connectivity index (χ1) is 11.1. The van der Waals surface area contributed by atoms with Crippen molar-refractivity contribution < 1.29 is 19.1 Å². The highest BCUT2D eigenvalue weighted by Crippen LogP contribution is 2.20. The molecule has 0 aromatic heterocycles. The molecule has 0 radical (unpaired) electrons. The standard InChI is InChI=1S/C19H20O4/c1-15(20)13-19(21)22-12-11-17-9-5-6-10-18(17)23-14-16-7-3-2-4-8-16/h2-10H,11-14H2,1H3. The van der Waals surface area contributed by atoms with E-state index in [0.29, 0.717) is 13.0 Å². The third-order valence-electron chi connectivity index (χ3n) is 3.24. The summed E-state index contributed by atoms with van der Waals surface area (Å²) in [5, 5.41) is 0. The molecule has 0 spiro atoms. The van der Waals surface area contributed by atoms with Gasteiger partial charge in [-0.05, 0) is 24.1 Å². The monoisotopic (exact) mass is 312 g/mol. The van der Waals surface area contributed by atoms with Crippen LogP contribution < -0.4 is 4.74 Å². The van der Waals surface area contributed by atoms with E-state index in [1.54, 1.807) is 0 Å². The molecule has 0 aliphatic heterocycles. The maximum Gasteiger partial charge on any atom is 0.313 e. The van der Waals surface area contributed by atoms with Gasteiger partial charge in [-0.2, -0.15) is 0 Å². The van der Waals surface area contributed by atoms with E-state index in [-0.39, 0.29) is 18.8 Å². The number of esters is 1. The van der Waals surface area contributed by atoms with Gasteiger partial charge in [-0.1, -0.05) is 48.5 Å². The summed E-state index contributed by atoms with van der Waals surface area (Å²) in [6.45, 7) is 2.09. The van der Waals surface area contributed by atoms with Crippen LogP contribution in [0.3, 0.4) is 0 Å². The molecule has 2 aromatic carbocycles. The van der Waals surface area contributed by atoms with Crippen LogP contribution >= 0.6 is 0 Å². The van der Waals surface area contributed by atoms with Crippen LogP contribution in [0.5, 0.6) is 5.75 Å². The molecule has 2 rings (SSSR count). The molecule has 0 heterocycles. The van der Waals surface area contributed by atoms with Crippen molar-refractivity contribution in [2.75, 3.05) is 6.61 Å². The van der Waals surface area contributed by atoms with Crippen molar-refractivity contribution >= 4 is 11.8 Å². The molecule has 0 aliphatic carbocycles. The van der Waals surface area contributed by atoms with Gasteiger partial charge in [-0.3, -0.25) is 9.59 Å². The quantitative estimate of drug-likeness (QED) is 0.554. The second-order valence-electron chi connectivity index (χ2n) is 5.23. The number of benzene rings is 2. The predicted molar refractivity (Wildman–Crippen MR) is 87.2 cm³/mol. The van der Waals surface area contributed by atoms with Crippen molar-refractivity contribution in [2.45, 2.75) is 26.4 Å². The van der Waals surface area contributed by atoms with Crippen molar-refractivity contribution in [3.05, 3.63) is 65.7 Å². The van der Waals surface area contributed by atoms with E-state index in [0.717, 1.165) is 16.9 Å². The zero-order valence-corrected chi connectivity index (χ0v) is 13.2. The maximum absolute atomic E-state index is 11.4. The number of para-hydroxylation sites is 1. The van der Waals surface area contributed by atoms with Gasteiger partial charge >= 0.3 is 5.97 Å². The maximum atomic E-state index is 11.4. The average molecular weight is 312 g/mol. The van der Waals surface area contributed by atoms with Gasteiger partial charge in [-0.15, -0.1) is 0 Å². The van der Waals surface area contributed by atoms with Crippen molar-refractivity contribution in [3.8, 4) is 5.75 Å². The Morgan fingerprint density at radius 1 is 0.957 bits per heavy atom. The minimum absolute atomic E-state index is 0.174. The van der Waals surface area contributed by atoms with Crippen molar-refractivity contribution in [1.29, 1.82) is 0 Å². The summed E-state index contributed by atoms with van der Waals surface area (Å²) in [7, 11) is 0. The second-order valence-corrected chi connectivity index (χ2v) is 5.23. The molecule has 4 heteroatoms. The smallest absolute Gasteiger partial charge is 0.313 e. The minimum Gasteiger partial charge on any atom is -0.489 e. The van der Waals surface area contributed by atoms with Gasteiger partial charge in [-0.25, -0.2) is 0 Å². The van der Waals surface area contributed by atoms with Crippen LogP contribution in [0, 0.1) is 0 Å². The number of carbonyl (C=O) groups is 2. The molecule has 0 bridgehead atoms. The van der Waals surface area contributed by atoms with Gasteiger partial charge in [0.25, 0.3) is 0 Å². The third kappa shape index (κ3) is 5.94. The lowest BCUT2D eigenvalue weighted by molar-refractivity contribution is -0.145. The fourth-order valence-corrected chi connectivity index (χ4v) is 2.12. The molecule has 0 atom stereocenters. The zero-order chi connectivity index (χ0) is 16.5. The number of ether oxygens (including phenoxy) is 2. The number of hydrogen-bond acceptors (Lipinski definition) is 4. The summed E-state index contributed by atoms with van der Waals surface area (Å²) in [5.41, 5.74) is 2.06. The van der Waals surface area contributed by atoms with Crippen LogP contribution in [-0.2, 0) is 27.4 Å². The van der Waals surface area contributed by atoms with Crippen molar-refractivity contribution in [3.63, 3.8) is 0 Å². The van der Waals surface area contributed by atoms with Gasteiger partial charge in [0.2, 0.25) is 0 Å². The van der Waals surface area contributed by atoms with Crippen LogP contribution in [0.1, 0.15) is 24.5 Å². The Balaban J connectivity index is 1.87. The van der Waals surface area contributed by atoms with E-state index in [2.05, 4.69) is 0 Å². The molecule has 120 valence electrons. The summed E-state index contributed by atoms with van der Waals surface area (Å²) >= 11 is 0. The number of hydrogen-bond donors (Lipinski definition) is 0. The molecule has 23 heavy (non-hydrogen) atoms. The van der Waals surface area contributed by atoms with Crippen molar-refractivity contribution in [1.82, 2.24) is 0 Å². The molecule has 0 saturated heterocycles. The van der Waals surface area contributed by atoms with Crippen molar-refractivity contribution in [2.24, 2.45) is 0 Å². The topological polar surface area (TPSA) is 52.6 Å². The lowest BCUT2D eigenvalue weighted by Gasteiger charge is -2.11. The fraction of sp³-hybridized carbons (Fsp3) is 0.263. The summed E-state index contributed by atoms with van der Waals surface area (Å²) in [6, 6.07) is 17.6. The first-order valence-electron chi connectivity index (χ1n) is 7.55. The Labute approximate surface area is 136 Å². The van der Waals surface area contributed by atoms with Gasteiger partial charge in [0.1, 0.15) is 24.6 Å². The number of Topliss-reactive ketones (excluding diaryl/α,β-unsaturated/α-hetero) is 1. The van der Waals surface area contributed by atoms with E-state index in [1.807, 2.05) is 54.6 Å². The van der Waals surface area contributed by atoms with Crippen LogP contribution in [0.4, 0.5) is 0 Å². The fourth-order valence-electron chi connectivity index (χ4n) is 2.12. The third-order valence-corrected chi connectivity index (χ3v) is 3.24. The molecular formula is C19H20O4. The lowest BCUT2D eigenvalue weighted by atomic mass is 10.1. The van der Waals surface area contributed by atoms with E-state index < -0.39 is 5.97 Å². The number of rotatable bonds is 8. The molecule has 2 aromatic rings. The Morgan fingerprint density at radius 2 is 1.65 bits per heavy atom. The van der Waals surface area contributed by atoms with Crippen LogP contribution in [-0.4, -0.2) is 18.4 Å². The first kappa shape index (κ1) is 16.7. The SMILES string of the molecule is CC(=O)CC(=O)OCCc1ccccc1OCc1ccccc1. The molecule has 4 nitrogen and oxygen atoms in total. The van der Waals surface area contributed by atoms with Crippen LogP contribution in [0.2, 0.25) is 0 Å². The van der Waals surface area contributed by atoms with Gasteiger partial charge < -0.3 is 9.47 Å². The van der Waals surface area contributed by atoms with Gasteiger partial charge in [0.05, 0.1) is 6.61 Å². The first-order valence-corrected chi connectivity index (χ1v) is 7.55. The minimum atomic E-state index is -0.486. The van der Waals surface area contributed by atoms with E-state index in [1.165, 1.54) is 6.92 Å². The Hall–Kier alpha value is -2.62. The molecule has 0 saturated carbocycles. The highest BCUT2D eigenvalue weighted by Gasteiger charge is 2.08. The van der Waals surface area contributed by atoms with E-state index in [9.17, 15) is 9.59 Å². The Morgan fingerprint density at radius 3 is 2.39 bits per heavy atom. The van der Waals surface area contributed by atoms with Crippen LogP contribution in [0.15, 0.2) is 54.6 Å². The molecule has 0 aliphatic rings. The molecule has 0 N–H and O–H groups in total. The summed E-state index contributed by atoms with van der Waals surface area (Å²) in [6.07, 6.45) is 0.376. The van der Waals surface area contributed by atoms with Gasteiger partial charge in [0, 0.05) is 6.42 Å². The number of ketones is 1. The molecular weight excluding hydrogens is 292 g/mol.